The summed E-state index contributed by atoms with van der Waals surface area (Å²) in [6.07, 6.45) is 0. The monoisotopic (exact) mass is 3990 g/mol. The zero-order chi connectivity index (χ0) is 33.6. The molecule has 0 spiro atoms. The molecule has 0 saturated carbocycles. The Kier molecular flexibility index (Phi) is 28.0. The Morgan fingerprint density at radius 2 is 0.578 bits per heavy atom. The minimum absolute atomic E-state index is 0.296. The Hall–Kier alpha value is 20.2. The van der Waals surface area contributed by atoms with Crippen molar-refractivity contribution >= 4 is 7.25 Å². The summed E-state index contributed by atoms with van der Waals surface area (Å²) < 4.78 is 32.6. The Balaban J connectivity index is 1.63. The number of hydrogen-bond acceptors (Lipinski definition) is 1. The summed E-state index contributed by atoms with van der Waals surface area (Å²) in [5.74, 6) is 3.18. The van der Waals surface area contributed by atoms with Gasteiger partial charge in [-0.1, -0.05) is 0 Å². The minimum atomic E-state index is 0.296. The SMILES string of the molecule is Cc1[c]([RaH])[c]([RaH])c2c([c]1[RaH])[C]([RaH])([RaH])c1[c]([RaH])c(Oc3[c]([RaH])[c]([RaH])c4c([c]3[RaH])[C]([RaH])([RaH])c3[c]([RaH])c(C)[c]([RaH])[c]([RaH])c3-4)[c]([RaH])[c]([RaH])c1-2. The maximum absolute atomic E-state index is 7.80. The Morgan fingerprint density at radius 1 is 0.333 bits per heavy atom. The van der Waals surface area contributed by atoms with Crippen molar-refractivity contribution in [2.24, 2.45) is 0 Å². The summed E-state index contributed by atoms with van der Waals surface area (Å²) >= 11 is 6.54. The molecule has 0 bridgehead atoms. The van der Waals surface area contributed by atoms with Crippen LogP contribution in [0.25, 0.3) is 22.3 Å². The molecule has 45 heavy (non-hydrogen) atoms. The molecule has 172 valence electrons. The molecular weight excluding hydrogens is 3970 g/mol. The molecule has 0 heterocycles. The average Bonchev–Trinajstić information content (AvgIpc) is 3.38. The molecule has 0 unspecified atom stereocenters. The second-order valence-electron chi connectivity index (χ2n) is 15.8. The first-order valence-corrected chi connectivity index (χ1v) is 82.7. The standard InChI is InChI=1S/C28H6O.16Ra.16H/c1-17-3-7-25-19(11-17)13-21-15-23(5-9-27(21)25)29-24-6-10-28-22(16-24)14-20-12-18(2)4-8-26(20)28;;;;;;;;;;;;;;;;;;;;;;;;;;;;;;;;/h1-2H3;;;;;;;;;;;;;;;;;;;;;;;;;;;;;;;;. The fourth-order valence-corrected chi connectivity index (χ4v) is 177. The molecular formula is C28H22ORa16. The molecule has 0 fully saturated rings. The quantitative estimate of drug-likeness (QED) is 0.194. The van der Waals surface area contributed by atoms with E-state index in [9.17, 15) is 0 Å². The van der Waals surface area contributed by atoms with Crippen LogP contribution in [0.3, 0.4) is 0 Å². The average molecular weight is 3990 g/mol. The van der Waals surface area contributed by atoms with Gasteiger partial charge < -0.3 is 0 Å². The summed E-state index contributed by atoms with van der Waals surface area (Å²) in [5, 5.41) is 0. The van der Waals surface area contributed by atoms with Gasteiger partial charge in [0.05, 0.1) is 0 Å². The normalized spacial score (nSPS) is 14.5. The van der Waals surface area contributed by atoms with E-state index in [1.165, 1.54) is 0 Å². The topological polar surface area (TPSA) is 9.23 Å². The summed E-state index contributed by atoms with van der Waals surface area (Å²) in [6, 6.07) is 0. The molecule has 0 N–H and O–H groups in total. The van der Waals surface area contributed by atoms with Crippen LogP contribution in [0.4, 0.5) is 0 Å². The third-order valence-corrected chi connectivity index (χ3v) is 158. The number of benzene rings is 4. The van der Waals surface area contributed by atoms with Crippen molar-refractivity contribution in [3.63, 3.8) is 0 Å². The fraction of sp³-hybridized carbons (Fsp3) is 0.143. The Labute approximate surface area is 735 Å². The van der Waals surface area contributed by atoms with Crippen LogP contribution in [0, 0.1) is 699 Å². The fourth-order valence-electron chi connectivity index (χ4n) is 9.91. The van der Waals surface area contributed by atoms with Gasteiger partial charge >= 0.3 is 769 Å². The van der Waals surface area contributed by atoms with Crippen LogP contribution in [0.5, 0.6) is 11.5 Å². The van der Waals surface area contributed by atoms with Crippen LogP contribution in [0.1, 0.15) is 33.4 Å². The molecule has 4 aromatic carbocycles. The zero-order valence-corrected chi connectivity index (χ0v) is 163. The molecule has 0 aromatic heterocycles. The van der Waals surface area contributed by atoms with Crippen molar-refractivity contribution < 1.29 is 689 Å². The third kappa shape index (κ3) is 10.7. The molecule has 0 atom stereocenters. The Morgan fingerprint density at radius 3 is 0.867 bits per heavy atom. The van der Waals surface area contributed by atoms with E-state index < -0.39 is 0 Å². The molecule has 0 amide bonds. The van der Waals surface area contributed by atoms with Crippen molar-refractivity contribution in [3.05, 3.63) is 33.4 Å². The van der Waals surface area contributed by atoms with Crippen LogP contribution in [-0.2, 0) is -9.01 Å². The van der Waals surface area contributed by atoms with Gasteiger partial charge in [0.15, 0.2) is 0 Å². The van der Waals surface area contributed by atoms with Crippen molar-refractivity contribution in [3.8, 4) is 33.8 Å². The number of rotatable bonds is 2. The van der Waals surface area contributed by atoms with Crippen LogP contribution in [0.15, 0.2) is 0 Å². The summed E-state index contributed by atoms with van der Waals surface area (Å²) in [5.41, 5.74) is 19.8. The van der Waals surface area contributed by atoms with Crippen LogP contribution < -0.4 is 12.0 Å². The number of hydrogen-bond donors (Lipinski definition) is 0. The van der Waals surface area contributed by atoms with Gasteiger partial charge in [0.1, 0.15) is 0 Å². The number of fused-ring (bicyclic) bond motifs is 6. The molecule has 0 radical (unpaired) electrons. The van der Waals surface area contributed by atoms with E-state index in [1.807, 2.05) is 51.8 Å². The van der Waals surface area contributed by atoms with Gasteiger partial charge in [-0.3, -0.25) is 0 Å². The molecule has 4 aromatic rings. The van der Waals surface area contributed by atoms with Crippen LogP contribution >= 0.6 is 0 Å². The second-order valence-corrected chi connectivity index (χ2v) is 166. The number of ether oxygens (including phenoxy) is 1. The van der Waals surface area contributed by atoms with Crippen molar-refractivity contribution in [1.29, 1.82) is 0 Å². The van der Waals surface area contributed by atoms with Crippen molar-refractivity contribution in [2.45, 2.75) is 4.84 Å². The molecule has 17 heteroatoms. The first-order chi connectivity index (χ1) is 20.7. The van der Waals surface area contributed by atoms with Crippen molar-refractivity contribution in [1.82, 2.24) is 0 Å². The van der Waals surface area contributed by atoms with E-state index in [0.29, 0.717) is 676 Å². The van der Waals surface area contributed by atoms with E-state index >= 15 is 0 Å². The van der Waals surface area contributed by atoms with E-state index in [2.05, 4.69) is 25.0 Å². The third-order valence-electron chi connectivity index (χ3n) is 13.1. The van der Waals surface area contributed by atoms with Gasteiger partial charge in [-0.2, -0.15) is 0 Å². The first-order valence-electron chi connectivity index (χ1n) is 16.9. The maximum atomic E-state index is 7.80. The molecule has 0 aliphatic heterocycles. The van der Waals surface area contributed by atoms with E-state index in [0.717, 1.165) is 0 Å². The van der Waals surface area contributed by atoms with Crippen LogP contribution in [-0.4, -0.2) is 0 Å². The van der Waals surface area contributed by atoms with Gasteiger partial charge in [0.25, 0.3) is 0 Å². The van der Waals surface area contributed by atoms with Gasteiger partial charge in [0, 0.05) is 0 Å². The molecule has 6 rings (SSSR count). The summed E-state index contributed by atoms with van der Waals surface area (Å²) in [6.45, 7) is 5.15. The zero-order valence-electron chi connectivity index (χ0n) is 31.4. The summed E-state index contributed by atoms with van der Waals surface area (Å²) in [7, 11) is 0. The second kappa shape index (κ2) is 23.1. The molecule has 0 saturated heterocycles. The molecule has 1 nitrogen and oxygen atoms in total. The van der Waals surface area contributed by atoms with Crippen molar-refractivity contribution in [2.75, 3.05) is 0 Å². The van der Waals surface area contributed by atoms with Gasteiger partial charge in [-0.15, -0.1) is 0 Å². The van der Waals surface area contributed by atoms with E-state index in [1.54, 1.807) is 11.5 Å². The van der Waals surface area contributed by atoms with Crippen LogP contribution in [0.2, 0.25) is 0 Å². The summed E-state index contributed by atoms with van der Waals surface area (Å²) in [4.78, 5) is 0. The van der Waals surface area contributed by atoms with Gasteiger partial charge in [-0.05, 0) is 0 Å². The first kappa shape index (κ1) is 54.5. The Bertz CT molecular complexity index is 1930. The van der Waals surface area contributed by atoms with E-state index in [-0.39, 0.29) is 0 Å². The molecule has 2 aliphatic rings. The predicted octanol–water partition coefficient (Wildman–Crippen LogP) is -7.53. The molecule has 2 aliphatic carbocycles. The van der Waals surface area contributed by atoms with E-state index in [4.69, 9.17) is 4.74 Å². The van der Waals surface area contributed by atoms with Gasteiger partial charge in [-0.25, -0.2) is 0 Å². The van der Waals surface area contributed by atoms with Gasteiger partial charge in [0.2, 0.25) is 0 Å². The predicted molar refractivity (Wildman–Crippen MR) is 133 cm³/mol.